The highest BCUT2D eigenvalue weighted by Crippen LogP contribution is 2.16. The average Bonchev–Trinajstić information content (AvgIpc) is 2.79. The Labute approximate surface area is 121 Å². The number of carbonyl (C=O) groups excluding carboxylic acids is 1. The number of rotatable bonds is 3. The normalized spacial score (nSPS) is 10.9. The predicted octanol–water partition coefficient (Wildman–Crippen LogP) is 3.60. The minimum absolute atomic E-state index is 0.0867. The number of nitrogens with zero attached hydrogens (tertiary/aromatic N) is 1. The zero-order chi connectivity index (χ0) is 13.8. The third-order valence-corrected chi connectivity index (χ3v) is 2.91. The van der Waals surface area contributed by atoms with Crippen LogP contribution in [-0.2, 0) is 0 Å². The largest absolute Gasteiger partial charge is 0.444 e. The molecule has 0 atom stereocenters. The molecule has 1 amide bonds. The minimum atomic E-state index is -0.547. The molecule has 1 N–H and O–H groups in total. The van der Waals surface area contributed by atoms with Crippen LogP contribution in [0.5, 0.6) is 0 Å². The van der Waals surface area contributed by atoms with Crippen molar-refractivity contribution in [2.75, 3.05) is 0 Å². The summed E-state index contributed by atoms with van der Waals surface area (Å²) in [5, 5.41) is 3.83. The summed E-state index contributed by atoms with van der Waals surface area (Å²) in [6.45, 7) is 0. The summed E-state index contributed by atoms with van der Waals surface area (Å²) in [5.74, 6) is -0.982. The predicted molar refractivity (Wildman–Crippen MR) is 72.9 cm³/mol. The molecule has 0 saturated heterocycles. The third kappa shape index (κ3) is 3.42. The molecule has 7 heteroatoms. The molecule has 0 radical (unpaired) electrons. The number of nitrogens with one attached hydrogen (secondary N) is 1. The Balaban J connectivity index is 2.06. The molecule has 1 aromatic carbocycles. The van der Waals surface area contributed by atoms with Crippen LogP contribution in [0.4, 0.5) is 4.39 Å². The lowest BCUT2D eigenvalue weighted by Crippen LogP contribution is -2.16. The first-order valence-electron chi connectivity index (χ1n) is 5.10. The molecule has 0 fully saturated rings. The number of hydrogen-bond acceptors (Lipinski definition) is 3. The van der Waals surface area contributed by atoms with Gasteiger partial charge in [-0.05, 0) is 40.2 Å². The van der Waals surface area contributed by atoms with Crippen LogP contribution >= 0.6 is 27.5 Å². The van der Waals surface area contributed by atoms with E-state index in [1.54, 1.807) is 6.07 Å². The number of benzene rings is 1. The lowest BCUT2D eigenvalue weighted by atomic mass is 10.2. The molecule has 0 saturated carbocycles. The summed E-state index contributed by atoms with van der Waals surface area (Å²) in [6.07, 6.45) is 1.13. The smallest absolute Gasteiger partial charge is 0.307 e. The highest BCUT2D eigenvalue weighted by atomic mass is 79.9. The Hall–Kier alpha value is -1.66. The number of furan rings is 1. The van der Waals surface area contributed by atoms with Crippen molar-refractivity contribution < 1.29 is 13.6 Å². The quantitative estimate of drug-likeness (QED) is 0.682. The van der Waals surface area contributed by atoms with Crippen LogP contribution in [0.3, 0.4) is 0 Å². The Bertz CT molecular complexity index is 622. The summed E-state index contributed by atoms with van der Waals surface area (Å²) in [5.41, 5.74) is 2.31. The van der Waals surface area contributed by atoms with Gasteiger partial charge in [0.05, 0.1) is 11.2 Å². The standard InChI is InChI=1S/C12H7BrClFN2O2/c13-11-5-4-10(19-11)12(18)17-16-6-7-8(14)2-1-3-9(7)15/h1-6H,(H,17,18). The second-order valence-corrected chi connectivity index (χ2v) is 4.63. The van der Waals surface area contributed by atoms with Gasteiger partial charge in [-0.3, -0.25) is 4.79 Å². The Morgan fingerprint density at radius 1 is 1.42 bits per heavy atom. The lowest BCUT2D eigenvalue weighted by Gasteiger charge is -1.99. The minimum Gasteiger partial charge on any atom is -0.444 e. The number of halogens is 3. The van der Waals surface area contributed by atoms with E-state index < -0.39 is 11.7 Å². The fraction of sp³-hybridized carbons (Fsp3) is 0. The number of hydrogen-bond donors (Lipinski definition) is 1. The Kier molecular flexibility index (Phi) is 4.34. The second kappa shape index (κ2) is 5.99. The molecule has 2 aromatic rings. The maximum atomic E-state index is 13.4. The van der Waals surface area contributed by atoms with E-state index in [1.165, 1.54) is 24.3 Å². The lowest BCUT2D eigenvalue weighted by molar-refractivity contribution is 0.0926. The van der Waals surface area contributed by atoms with Crippen LogP contribution in [0, 0.1) is 5.82 Å². The molecule has 1 aromatic heterocycles. The molecule has 0 bridgehead atoms. The summed E-state index contributed by atoms with van der Waals surface area (Å²) < 4.78 is 18.8. The van der Waals surface area contributed by atoms with Gasteiger partial charge >= 0.3 is 5.91 Å². The van der Waals surface area contributed by atoms with E-state index in [0.717, 1.165) is 6.21 Å². The van der Waals surface area contributed by atoms with Gasteiger partial charge in [-0.15, -0.1) is 0 Å². The molecule has 0 aliphatic rings. The zero-order valence-corrected chi connectivity index (χ0v) is 11.7. The van der Waals surface area contributed by atoms with E-state index in [2.05, 4.69) is 26.5 Å². The molecule has 0 unspecified atom stereocenters. The molecule has 1 heterocycles. The van der Waals surface area contributed by atoms with E-state index in [0.29, 0.717) is 4.67 Å². The van der Waals surface area contributed by atoms with Gasteiger partial charge in [0.25, 0.3) is 0 Å². The first-order valence-corrected chi connectivity index (χ1v) is 6.28. The van der Waals surface area contributed by atoms with Gasteiger partial charge in [-0.25, -0.2) is 9.82 Å². The summed E-state index contributed by atoms with van der Waals surface area (Å²) in [4.78, 5) is 11.6. The highest BCUT2D eigenvalue weighted by molar-refractivity contribution is 9.10. The maximum Gasteiger partial charge on any atom is 0.307 e. The van der Waals surface area contributed by atoms with Crippen molar-refractivity contribution >= 4 is 39.7 Å². The fourth-order valence-electron chi connectivity index (χ4n) is 1.28. The number of hydrazone groups is 1. The Morgan fingerprint density at radius 2 is 2.21 bits per heavy atom. The van der Waals surface area contributed by atoms with Crippen molar-refractivity contribution in [1.29, 1.82) is 0 Å². The van der Waals surface area contributed by atoms with Gasteiger partial charge in [-0.2, -0.15) is 5.10 Å². The van der Waals surface area contributed by atoms with E-state index in [1.807, 2.05) is 0 Å². The van der Waals surface area contributed by atoms with Gasteiger partial charge in [0.2, 0.25) is 0 Å². The van der Waals surface area contributed by atoms with Gasteiger partial charge in [-0.1, -0.05) is 17.7 Å². The van der Waals surface area contributed by atoms with Crippen molar-refractivity contribution in [3.05, 3.63) is 57.2 Å². The molecular weight excluding hydrogens is 338 g/mol. The maximum absolute atomic E-state index is 13.4. The molecule has 19 heavy (non-hydrogen) atoms. The van der Waals surface area contributed by atoms with E-state index in [-0.39, 0.29) is 16.3 Å². The fourth-order valence-corrected chi connectivity index (χ4v) is 1.80. The van der Waals surface area contributed by atoms with Gasteiger partial charge in [0, 0.05) is 5.56 Å². The third-order valence-electron chi connectivity index (χ3n) is 2.16. The van der Waals surface area contributed by atoms with Crippen molar-refractivity contribution in [2.45, 2.75) is 0 Å². The van der Waals surface area contributed by atoms with Crippen LogP contribution in [0.1, 0.15) is 16.1 Å². The number of carbonyl (C=O) groups is 1. The molecule has 98 valence electrons. The SMILES string of the molecule is O=C(NN=Cc1c(F)cccc1Cl)c1ccc(Br)o1. The van der Waals surface area contributed by atoms with Crippen LogP contribution < -0.4 is 5.43 Å². The summed E-state index contributed by atoms with van der Waals surface area (Å²) >= 11 is 8.87. The molecular formula is C12H7BrClFN2O2. The highest BCUT2D eigenvalue weighted by Gasteiger charge is 2.09. The summed E-state index contributed by atoms with van der Waals surface area (Å²) in [7, 11) is 0. The zero-order valence-electron chi connectivity index (χ0n) is 9.36. The van der Waals surface area contributed by atoms with Crippen LogP contribution in [0.2, 0.25) is 5.02 Å². The number of amides is 1. The first-order chi connectivity index (χ1) is 9.08. The van der Waals surface area contributed by atoms with Crippen molar-refractivity contribution in [3.63, 3.8) is 0 Å². The van der Waals surface area contributed by atoms with E-state index in [9.17, 15) is 9.18 Å². The monoisotopic (exact) mass is 344 g/mol. The van der Waals surface area contributed by atoms with E-state index in [4.69, 9.17) is 16.0 Å². The van der Waals surface area contributed by atoms with Crippen LogP contribution in [0.15, 0.2) is 44.5 Å². The van der Waals surface area contributed by atoms with Crippen molar-refractivity contribution in [2.24, 2.45) is 5.10 Å². The first kappa shape index (κ1) is 13.8. The average molecular weight is 346 g/mol. The molecule has 0 aliphatic carbocycles. The topological polar surface area (TPSA) is 54.6 Å². The summed E-state index contributed by atoms with van der Waals surface area (Å²) in [6, 6.07) is 7.31. The van der Waals surface area contributed by atoms with Gasteiger partial charge < -0.3 is 4.42 Å². The molecule has 0 aliphatic heterocycles. The van der Waals surface area contributed by atoms with Crippen LogP contribution in [-0.4, -0.2) is 12.1 Å². The molecule has 0 spiro atoms. The van der Waals surface area contributed by atoms with Crippen molar-refractivity contribution in [3.8, 4) is 0 Å². The van der Waals surface area contributed by atoms with Gasteiger partial charge in [0.15, 0.2) is 10.4 Å². The molecule has 4 nitrogen and oxygen atoms in total. The van der Waals surface area contributed by atoms with E-state index >= 15 is 0 Å². The van der Waals surface area contributed by atoms with Crippen LogP contribution in [0.25, 0.3) is 0 Å². The van der Waals surface area contributed by atoms with Crippen molar-refractivity contribution in [1.82, 2.24) is 5.43 Å². The molecule has 2 rings (SSSR count). The second-order valence-electron chi connectivity index (χ2n) is 3.44. The Morgan fingerprint density at radius 3 is 2.84 bits per heavy atom. The van der Waals surface area contributed by atoms with Gasteiger partial charge in [0.1, 0.15) is 5.82 Å².